The first kappa shape index (κ1) is 21.7. The smallest absolute Gasteiger partial charge is 0.326 e. The zero-order valence-corrected chi connectivity index (χ0v) is 18.6. The molecule has 6 heteroatoms. The quantitative estimate of drug-likeness (QED) is 0.430. The van der Waals surface area contributed by atoms with E-state index in [1.807, 2.05) is 44.2 Å². The van der Waals surface area contributed by atoms with Gasteiger partial charge in [-0.25, -0.2) is 9.78 Å². The van der Waals surface area contributed by atoms with E-state index in [0.717, 1.165) is 27.4 Å². The average molecular weight is 430 g/mol. The van der Waals surface area contributed by atoms with Crippen LogP contribution in [0.1, 0.15) is 43.3 Å². The van der Waals surface area contributed by atoms with Crippen LogP contribution in [-0.4, -0.2) is 25.6 Å². The minimum atomic E-state index is -0.996. The van der Waals surface area contributed by atoms with Gasteiger partial charge in [0.2, 0.25) is 0 Å². The maximum atomic E-state index is 12.7. The lowest BCUT2D eigenvalue weighted by atomic mass is 10.0. The van der Waals surface area contributed by atoms with Crippen molar-refractivity contribution in [1.82, 2.24) is 14.5 Å². The lowest BCUT2D eigenvalue weighted by Gasteiger charge is -2.19. The molecule has 4 aromatic rings. The van der Waals surface area contributed by atoms with E-state index in [1.165, 1.54) is 4.57 Å². The molecule has 6 nitrogen and oxygen atoms in total. The summed E-state index contributed by atoms with van der Waals surface area (Å²) >= 11 is 0. The molecule has 0 amide bonds. The number of aryl methyl sites for hydroxylation is 3. The number of aliphatic carboxylic acids is 1. The second-order valence-corrected chi connectivity index (χ2v) is 8.68. The molecule has 2 aromatic heterocycles. The van der Waals surface area contributed by atoms with Gasteiger partial charge in [-0.15, -0.1) is 0 Å². The largest absolute Gasteiger partial charge is 0.480 e. The number of hydrogen-bond acceptors (Lipinski definition) is 4. The Morgan fingerprint density at radius 1 is 1.03 bits per heavy atom. The Bertz CT molecular complexity index is 1360. The highest BCUT2D eigenvalue weighted by molar-refractivity contribution is 5.94. The van der Waals surface area contributed by atoms with Crippen LogP contribution in [0.3, 0.4) is 0 Å². The van der Waals surface area contributed by atoms with Crippen LogP contribution in [0, 0.1) is 12.8 Å². The van der Waals surface area contributed by atoms with Gasteiger partial charge in [0.25, 0.3) is 5.56 Å². The Hall–Kier alpha value is -3.54. The van der Waals surface area contributed by atoms with E-state index in [9.17, 15) is 14.7 Å². The summed E-state index contributed by atoms with van der Waals surface area (Å²) in [7, 11) is 0. The summed E-state index contributed by atoms with van der Waals surface area (Å²) in [4.78, 5) is 33.7. The van der Waals surface area contributed by atoms with Gasteiger partial charge in [0.05, 0.1) is 16.7 Å². The molecule has 0 aliphatic carbocycles. The lowest BCUT2D eigenvalue weighted by molar-refractivity contribution is -0.141. The van der Waals surface area contributed by atoms with Crippen LogP contribution in [0.4, 0.5) is 0 Å². The van der Waals surface area contributed by atoms with Crippen LogP contribution in [0.15, 0.2) is 59.5 Å². The van der Waals surface area contributed by atoms with Crippen molar-refractivity contribution in [3.8, 4) is 0 Å². The third-order valence-corrected chi connectivity index (χ3v) is 5.76. The van der Waals surface area contributed by atoms with Crippen LogP contribution in [-0.2, 0) is 17.6 Å². The summed E-state index contributed by atoms with van der Waals surface area (Å²) < 4.78 is 1.35. The van der Waals surface area contributed by atoms with Gasteiger partial charge in [-0.05, 0) is 55.9 Å². The fourth-order valence-corrected chi connectivity index (χ4v) is 4.17. The van der Waals surface area contributed by atoms with Crippen molar-refractivity contribution in [2.75, 3.05) is 0 Å². The molecule has 2 heterocycles. The molecule has 0 fully saturated rings. The Labute approximate surface area is 186 Å². The van der Waals surface area contributed by atoms with Crippen molar-refractivity contribution in [3.05, 3.63) is 82.0 Å². The normalized spacial score (nSPS) is 12.5. The molecule has 0 radical (unpaired) electrons. The van der Waals surface area contributed by atoms with Gasteiger partial charge >= 0.3 is 5.97 Å². The molecule has 0 saturated heterocycles. The van der Waals surface area contributed by atoms with Crippen molar-refractivity contribution in [1.29, 1.82) is 0 Å². The number of carboxylic acids is 1. The zero-order valence-electron chi connectivity index (χ0n) is 18.6. The number of rotatable bonds is 7. The summed E-state index contributed by atoms with van der Waals surface area (Å²) in [5.74, 6) is -0.845. The minimum absolute atomic E-state index is 0.151. The van der Waals surface area contributed by atoms with Gasteiger partial charge in [0.15, 0.2) is 0 Å². The van der Waals surface area contributed by atoms with E-state index in [2.05, 4.69) is 23.2 Å². The van der Waals surface area contributed by atoms with Crippen molar-refractivity contribution in [3.63, 3.8) is 0 Å². The second kappa shape index (κ2) is 8.91. The number of aromatic nitrogens is 3. The fraction of sp³-hybridized carbons (Fsp3) is 0.308. The van der Waals surface area contributed by atoms with Crippen LogP contribution >= 0.6 is 0 Å². The molecule has 0 saturated carbocycles. The molecule has 32 heavy (non-hydrogen) atoms. The minimum Gasteiger partial charge on any atom is -0.480 e. The highest BCUT2D eigenvalue weighted by atomic mass is 16.4. The first-order chi connectivity index (χ1) is 15.3. The van der Waals surface area contributed by atoms with E-state index in [1.54, 1.807) is 13.1 Å². The van der Waals surface area contributed by atoms with Gasteiger partial charge in [0.1, 0.15) is 11.7 Å². The standard InChI is InChI=1S/C26H27N3O3/c1-16(2)13-24(26(31)32)29-15-20(27-17(3)25(29)30)12-11-18-8-6-10-23-21(18)14-19-7-4-5-9-22(19)28-23/h4-10,14-16,24H,11-13H2,1-3H3,(H,31,32)/t24-/m0/s1. The monoisotopic (exact) mass is 429 g/mol. The van der Waals surface area contributed by atoms with Gasteiger partial charge in [-0.2, -0.15) is 0 Å². The molecule has 0 spiro atoms. The summed E-state index contributed by atoms with van der Waals surface area (Å²) in [5.41, 5.74) is 3.74. The summed E-state index contributed by atoms with van der Waals surface area (Å²) in [6, 6.07) is 15.4. The van der Waals surface area contributed by atoms with Gasteiger partial charge < -0.3 is 5.11 Å². The fourth-order valence-electron chi connectivity index (χ4n) is 4.17. The van der Waals surface area contributed by atoms with Gasteiger partial charge in [-0.3, -0.25) is 14.3 Å². The maximum Gasteiger partial charge on any atom is 0.326 e. The number of fused-ring (bicyclic) bond motifs is 2. The molecule has 0 bridgehead atoms. The molecular weight excluding hydrogens is 402 g/mol. The second-order valence-electron chi connectivity index (χ2n) is 8.68. The highest BCUT2D eigenvalue weighted by Gasteiger charge is 2.23. The molecular formula is C26H27N3O3. The third-order valence-electron chi connectivity index (χ3n) is 5.76. The van der Waals surface area contributed by atoms with Gasteiger partial charge in [0, 0.05) is 17.0 Å². The van der Waals surface area contributed by atoms with Crippen LogP contribution in [0.5, 0.6) is 0 Å². The number of nitrogens with zero attached hydrogens (tertiary/aromatic N) is 3. The zero-order chi connectivity index (χ0) is 22.8. The topological polar surface area (TPSA) is 85.1 Å². The number of carbonyl (C=O) groups is 1. The van der Waals surface area contributed by atoms with Gasteiger partial charge in [-0.1, -0.05) is 44.2 Å². The van der Waals surface area contributed by atoms with E-state index in [4.69, 9.17) is 4.98 Å². The number of carboxylic acid groups (broad SMARTS) is 1. The van der Waals surface area contributed by atoms with Crippen LogP contribution in [0.2, 0.25) is 0 Å². The SMILES string of the molecule is Cc1nc(CCc2cccc3nc4ccccc4cc23)cn([C@@H](CC(C)C)C(=O)O)c1=O. The molecule has 4 rings (SSSR count). The molecule has 0 aliphatic heterocycles. The molecule has 0 aliphatic rings. The number of pyridine rings is 1. The Morgan fingerprint density at radius 2 is 1.78 bits per heavy atom. The summed E-state index contributed by atoms with van der Waals surface area (Å²) in [5, 5.41) is 11.9. The van der Waals surface area contributed by atoms with E-state index in [0.29, 0.717) is 30.7 Å². The van der Waals surface area contributed by atoms with E-state index in [-0.39, 0.29) is 11.5 Å². The first-order valence-corrected chi connectivity index (χ1v) is 10.9. The molecule has 164 valence electrons. The Morgan fingerprint density at radius 3 is 2.53 bits per heavy atom. The van der Waals surface area contributed by atoms with Crippen molar-refractivity contribution in [2.45, 2.75) is 46.1 Å². The molecule has 0 unspecified atom stereocenters. The number of para-hydroxylation sites is 1. The highest BCUT2D eigenvalue weighted by Crippen LogP contribution is 2.24. The van der Waals surface area contributed by atoms with Crippen molar-refractivity contribution < 1.29 is 9.90 Å². The molecule has 1 N–H and O–H groups in total. The van der Waals surface area contributed by atoms with E-state index < -0.39 is 12.0 Å². The predicted molar refractivity (Wildman–Crippen MR) is 126 cm³/mol. The summed E-state index contributed by atoms with van der Waals surface area (Å²) in [6.07, 6.45) is 3.32. The molecule has 2 aromatic carbocycles. The van der Waals surface area contributed by atoms with Crippen molar-refractivity contribution >= 4 is 27.8 Å². The molecule has 1 atom stereocenters. The number of hydrogen-bond donors (Lipinski definition) is 1. The first-order valence-electron chi connectivity index (χ1n) is 10.9. The third kappa shape index (κ3) is 4.40. The predicted octanol–water partition coefficient (Wildman–Crippen LogP) is 4.71. The number of benzene rings is 2. The Balaban J connectivity index is 1.67. The van der Waals surface area contributed by atoms with Crippen LogP contribution in [0.25, 0.3) is 21.8 Å². The summed E-state index contributed by atoms with van der Waals surface area (Å²) in [6.45, 7) is 5.55. The van der Waals surface area contributed by atoms with Crippen LogP contribution < -0.4 is 5.56 Å². The maximum absolute atomic E-state index is 12.7. The lowest BCUT2D eigenvalue weighted by Crippen LogP contribution is -2.33. The van der Waals surface area contributed by atoms with E-state index >= 15 is 0 Å². The average Bonchev–Trinajstić information content (AvgIpc) is 2.76. The Kier molecular flexibility index (Phi) is 6.04. The van der Waals surface area contributed by atoms with Crippen molar-refractivity contribution in [2.24, 2.45) is 5.92 Å².